The summed E-state index contributed by atoms with van der Waals surface area (Å²) in [4.78, 5) is 12.3. The summed E-state index contributed by atoms with van der Waals surface area (Å²) in [5, 5.41) is 0. The standard InChI is InChI=1S/C14H16N4/c1-10(2)14-15-7-8-18(14)9-13-16-11-5-3-4-6-12(11)17-13/h3-8,10H,9H2,1-2H3,(H,16,17). The fraction of sp³-hybridized carbons (Fsp3) is 0.286. The van der Waals surface area contributed by atoms with E-state index in [4.69, 9.17) is 0 Å². The molecule has 4 heteroatoms. The number of nitrogens with one attached hydrogen (secondary N) is 1. The van der Waals surface area contributed by atoms with Gasteiger partial charge in [0.2, 0.25) is 0 Å². The summed E-state index contributed by atoms with van der Waals surface area (Å²) in [7, 11) is 0. The Labute approximate surface area is 106 Å². The van der Waals surface area contributed by atoms with Gasteiger partial charge in [-0.25, -0.2) is 9.97 Å². The molecule has 0 saturated carbocycles. The molecule has 4 nitrogen and oxygen atoms in total. The van der Waals surface area contributed by atoms with E-state index in [1.165, 1.54) is 0 Å². The molecule has 0 saturated heterocycles. The Morgan fingerprint density at radius 1 is 1.28 bits per heavy atom. The molecular weight excluding hydrogens is 224 g/mol. The topological polar surface area (TPSA) is 46.5 Å². The Hall–Kier alpha value is -2.10. The average molecular weight is 240 g/mol. The molecule has 18 heavy (non-hydrogen) atoms. The highest BCUT2D eigenvalue weighted by Crippen LogP contribution is 2.15. The first-order chi connectivity index (χ1) is 8.74. The lowest BCUT2D eigenvalue weighted by Crippen LogP contribution is -2.06. The number of aromatic nitrogens is 4. The maximum atomic E-state index is 4.58. The minimum Gasteiger partial charge on any atom is -0.340 e. The average Bonchev–Trinajstić information content (AvgIpc) is 2.94. The second-order valence-corrected chi connectivity index (χ2v) is 4.77. The summed E-state index contributed by atoms with van der Waals surface area (Å²) >= 11 is 0. The van der Waals surface area contributed by atoms with E-state index in [1.54, 1.807) is 0 Å². The first kappa shape index (κ1) is 11.0. The number of H-pyrrole nitrogens is 1. The zero-order valence-corrected chi connectivity index (χ0v) is 10.6. The van der Waals surface area contributed by atoms with Gasteiger partial charge in [0.15, 0.2) is 0 Å². The van der Waals surface area contributed by atoms with Crippen molar-refractivity contribution in [2.24, 2.45) is 0 Å². The van der Waals surface area contributed by atoms with Gasteiger partial charge in [-0.1, -0.05) is 26.0 Å². The van der Waals surface area contributed by atoms with Crippen LogP contribution < -0.4 is 0 Å². The van der Waals surface area contributed by atoms with E-state index < -0.39 is 0 Å². The van der Waals surface area contributed by atoms with Gasteiger partial charge in [0.25, 0.3) is 0 Å². The van der Waals surface area contributed by atoms with Crippen molar-refractivity contribution in [2.45, 2.75) is 26.3 Å². The zero-order valence-electron chi connectivity index (χ0n) is 10.6. The molecule has 1 N–H and O–H groups in total. The van der Waals surface area contributed by atoms with Crippen LogP contribution in [0.25, 0.3) is 11.0 Å². The van der Waals surface area contributed by atoms with Crippen molar-refractivity contribution < 1.29 is 0 Å². The third-order valence-electron chi connectivity index (χ3n) is 3.02. The molecular formula is C14H16N4. The van der Waals surface area contributed by atoms with Crippen molar-refractivity contribution >= 4 is 11.0 Å². The van der Waals surface area contributed by atoms with Crippen molar-refractivity contribution in [3.8, 4) is 0 Å². The fourth-order valence-electron chi connectivity index (χ4n) is 2.20. The van der Waals surface area contributed by atoms with Crippen molar-refractivity contribution in [3.63, 3.8) is 0 Å². The first-order valence-corrected chi connectivity index (χ1v) is 6.18. The largest absolute Gasteiger partial charge is 0.340 e. The first-order valence-electron chi connectivity index (χ1n) is 6.18. The van der Waals surface area contributed by atoms with Crippen LogP contribution in [-0.4, -0.2) is 19.5 Å². The van der Waals surface area contributed by atoms with Crippen LogP contribution in [0.5, 0.6) is 0 Å². The molecule has 0 aliphatic carbocycles. The molecule has 0 bridgehead atoms. The normalized spacial score (nSPS) is 11.5. The molecule has 1 aromatic carbocycles. The molecule has 0 atom stereocenters. The highest BCUT2D eigenvalue weighted by atomic mass is 15.1. The molecule has 3 rings (SSSR count). The van der Waals surface area contributed by atoms with Gasteiger partial charge < -0.3 is 9.55 Å². The Morgan fingerprint density at radius 2 is 2.11 bits per heavy atom. The van der Waals surface area contributed by atoms with E-state index >= 15 is 0 Å². The highest BCUT2D eigenvalue weighted by molar-refractivity contribution is 5.74. The summed E-state index contributed by atoms with van der Waals surface area (Å²) in [6.07, 6.45) is 3.85. The molecule has 2 heterocycles. The van der Waals surface area contributed by atoms with Gasteiger partial charge in [0, 0.05) is 18.3 Å². The van der Waals surface area contributed by atoms with E-state index in [2.05, 4.69) is 33.4 Å². The number of rotatable bonds is 3. The zero-order chi connectivity index (χ0) is 12.5. The van der Waals surface area contributed by atoms with E-state index in [9.17, 15) is 0 Å². The van der Waals surface area contributed by atoms with Gasteiger partial charge in [0.1, 0.15) is 11.6 Å². The Bertz CT molecular complexity index is 630. The van der Waals surface area contributed by atoms with Crippen LogP contribution in [0.2, 0.25) is 0 Å². The summed E-state index contributed by atoms with van der Waals surface area (Å²) in [6.45, 7) is 5.04. The minimum atomic E-state index is 0.421. The smallest absolute Gasteiger partial charge is 0.127 e. The van der Waals surface area contributed by atoms with Gasteiger partial charge in [-0.3, -0.25) is 0 Å². The van der Waals surface area contributed by atoms with Crippen LogP contribution in [0.1, 0.15) is 31.4 Å². The van der Waals surface area contributed by atoms with Gasteiger partial charge in [-0.05, 0) is 12.1 Å². The van der Waals surface area contributed by atoms with Gasteiger partial charge in [-0.15, -0.1) is 0 Å². The van der Waals surface area contributed by atoms with Gasteiger partial charge in [0.05, 0.1) is 17.6 Å². The van der Waals surface area contributed by atoms with Crippen LogP contribution >= 0.6 is 0 Å². The molecule has 0 spiro atoms. The fourth-order valence-corrected chi connectivity index (χ4v) is 2.20. The number of hydrogen-bond acceptors (Lipinski definition) is 2. The number of nitrogens with zero attached hydrogens (tertiary/aromatic N) is 3. The predicted molar refractivity (Wildman–Crippen MR) is 71.5 cm³/mol. The molecule has 92 valence electrons. The van der Waals surface area contributed by atoms with Gasteiger partial charge >= 0.3 is 0 Å². The van der Waals surface area contributed by atoms with E-state index in [0.717, 1.165) is 29.2 Å². The van der Waals surface area contributed by atoms with Gasteiger partial charge in [-0.2, -0.15) is 0 Å². The molecule has 0 amide bonds. The molecule has 0 aliphatic rings. The number of benzene rings is 1. The predicted octanol–water partition coefficient (Wildman–Crippen LogP) is 2.93. The lowest BCUT2D eigenvalue weighted by Gasteiger charge is -2.08. The van der Waals surface area contributed by atoms with E-state index in [-0.39, 0.29) is 0 Å². The van der Waals surface area contributed by atoms with Crippen LogP contribution in [-0.2, 0) is 6.54 Å². The molecule has 0 fully saturated rings. The lowest BCUT2D eigenvalue weighted by atomic mass is 10.2. The number of aromatic amines is 1. The molecule has 0 aliphatic heterocycles. The van der Waals surface area contributed by atoms with Crippen molar-refractivity contribution in [1.29, 1.82) is 0 Å². The van der Waals surface area contributed by atoms with E-state index in [0.29, 0.717) is 5.92 Å². The van der Waals surface area contributed by atoms with Crippen LogP contribution in [0, 0.1) is 0 Å². The Kier molecular flexibility index (Phi) is 2.63. The summed E-state index contributed by atoms with van der Waals surface area (Å²) in [6, 6.07) is 8.08. The van der Waals surface area contributed by atoms with Crippen LogP contribution in [0.15, 0.2) is 36.7 Å². The van der Waals surface area contributed by atoms with E-state index in [1.807, 2.05) is 36.7 Å². The summed E-state index contributed by atoms with van der Waals surface area (Å²) in [5.41, 5.74) is 2.09. The molecule has 3 aromatic rings. The maximum absolute atomic E-state index is 4.58. The Morgan fingerprint density at radius 3 is 2.89 bits per heavy atom. The summed E-state index contributed by atoms with van der Waals surface area (Å²) in [5.74, 6) is 2.48. The molecule has 0 radical (unpaired) electrons. The lowest BCUT2D eigenvalue weighted by molar-refractivity contribution is 0.655. The van der Waals surface area contributed by atoms with Crippen molar-refractivity contribution in [1.82, 2.24) is 19.5 Å². The van der Waals surface area contributed by atoms with Crippen LogP contribution in [0.4, 0.5) is 0 Å². The number of fused-ring (bicyclic) bond motifs is 1. The second-order valence-electron chi connectivity index (χ2n) is 4.77. The third kappa shape index (κ3) is 1.90. The Balaban J connectivity index is 1.94. The minimum absolute atomic E-state index is 0.421. The molecule has 0 unspecified atom stereocenters. The quantitative estimate of drug-likeness (QED) is 0.765. The number of para-hydroxylation sites is 2. The second kappa shape index (κ2) is 4.29. The van der Waals surface area contributed by atoms with Crippen molar-refractivity contribution in [3.05, 3.63) is 48.3 Å². The van der Waals surface area contributed by atoms with Crippen LogP contribution in [0.3, 0.4) is 0 Å². The number of imidazole rings is 2. The highest BCUT2D eigenvalue weighted by Gasteiger charge is 2.09. The maximum Gasteiger partial charge on any atom is 0.127 e. The molecule has 2 aromatic heterocycles. The third-order valence-corrected chi connectivity index (χ3v) is 3.02. The monoisotopic (exact) mass is 240 g/mol. The van der Waals surface area contributed by atoms with Crippen molar-refractivity contribution in [2.75, 3.05) is 0 Å². The number of hydrogen-bond donors (Lipinski definition) is 1. The summed E-state index contributed by atoms with van der Waals surface area (Å²) < 4.78 is 2.14. The SMILES string of the molecule is CC(C)c1nccn1Cc1nc2ccccc2[nH]1.